The standard InChI is InChI=1S/C29H32BNO4/c1-32-29(33-2)11-10-21-23-14-20-22(30)15-24(34-17-19-6-4-3-5-7-19)26-25(20)28(21,27(29)35-26)12-13-31(23)16-18-8-9-18/h3-7,10-11,15,18,21,23,27H,8-9,12-14,16-17H2,1-2H3/t21?,23?,27-,28+/m0/s1. The second-order valence-corrected chi connectivity index (χ2v) is 10.9. The van der Waals surface area contributed by atoms with Crippen LogP contribution in [-0.4, -0.2) is 58.0 Å². The van der Waals surface area contributed by atoms with Crippen molar-refractivity contribution in [2.24, 2.45) is 11.8 Å². The van der Waals surface area contributed by atoms with E-state index in [4.69, 9.17) is 26.8 Å². The molecule has 7 rings (SSSR count). The molecule has 180 valence electrons. The van der Waals surface area contributed by atoms with Crippen molar-refractivity contribution in [3.05, 3.63) is 65.2 Å². The van der Waals surface area contributed by atoms with Gasteiger partial charge in [0.15, 0.2) is 17.6 Å². The molecule has 2 aliphatic heterocycles. The van der Waals surface area contributed by atoms with Crippen LogP contribution in [0.2, 0.25) is 0 Å². The molecule has 5 nitrogen and oxygen atoms in total. The lowest BCUT2D eigenvalue weighted by molar-refractivity contribution is -0.244. The maximum atomic E-state index is 6.88. The van der Waals surface area contributed by atoms with Gasteiger partial charge >= 0.3 is 0 Å². The third kappa shape index (κ3) is 3.06. The lowest BCUT2D eigenvalue weighted by Crippen LogP contribution is -2.69. The molecule has 0 aromatic heterocycles. The molecule has 35 heavy (non-hydrogen) atoms. The Morgan fingerprint density at radius 1 is 1.14 bits per heavy atom. The van der Waals surface area contributed by atoms with Crippen LogP contribution in [0.25, 0.3) is 0 Å². The summed E-state index contributed by atoms with van der Waals surface area (Å²) in [4.78, 5) is 2.72. The molecule has 2 unspecified atom stereocenters. The average Bonchev–Trinajstić information content (AvgIpc) is 3.64. The van der Waals surface area contributed by atoms with E-state index in [2.05, 4.69) is 29.2 Å². The first kappa shape index (κ1) is 22.0. The van der Waals surface area contributed by atoms with E-state index in [-0.39, 0.29) is 11.5 Å². The molecule has 1 spiro atoms. The highest BCUT2D eigenvalue weighted by atomic mass is 16.7. The van der Waals surface area contributed by atoms with Crippen molar-refractivity contribution in [1.82, 2.24) is 4.90 Å². The second kappa shape index (κ2) is 7.86. The smallest absolute Gasteiger partial charge is 0.226 e. The molecule has 2 fully saturated rings. The first-order valence-electron chi connectivity index (χ1n) is 12.9. The fourth-order valence-electron chi connectivity index (χ4n) is 7.38. The van der Waals surface area contributed by atoms with Gasteiger partial charge in [-0.2, -0.15) is 0 Å². The van der Waals surface area contributed by atoms with Gasteiger partial charge in [0, 0.05) is 38.3 Å². The van der Waals surface area contributed by atoms with E-state index in [1.807, 2.05) is 24.3 Å². The third-order valence-electron chi connectivity index (χ3n) is 9.23. The van der Waals surface area contributed by atoms with Crippen molar-refractivity contribution in [3.63, 3.8) is 0 Å². The minimum atomic E-state index is -0.946. The Labute approximate surface area is 208 Å². The van der Waals surface area contributed by atoms with Crippen molar-refractivity contribution in [1.29, 1.82) is 0 Å². The lowest BCUT2D eigenvalue weighted by atomic mass is 9.51. The number of benzene rings is 2. The predicted octanol–water partition coefficient (Wildman–Crippen LogP) is 3.27. The molecule has 2 radical (unpaired) electrons. The number of hydrogen-bond donors (Lipinski definition) is 0. The largest absolute Gasteiger partial charge is 0.485 e. The van der Waals surface area contributed by atoms with Crippen LogP contribution in [0.5, 0.6) is 11.5 Å². The van der Waals surface area contributed by atoms with E-state index in [1.165, 1.54) is 30.5 Å². The minimum absolute atomic E-state index is 0.241. The van der Waals surface area contributed by atoms with Gasteiger partial charge in [-0.3, -0.25) is 4.90 Å². The van der Waals surface area contributed by atoms with Gasteiger partial charge < -0.3 is 18.9 Å². The van der Waals surface area contributed by atoms with E-state index in [1.54, 1.807) is 14.2 Å². The number of likely N-dealkylation sites (tertiary alicyclic amines) is 1. The zero-order valence-corrected chi connectivity index (χ0v) is 20.5. The predicted molar refractivity (Wildman–Crippen MR) is 134 cm³/mol. The quantitative estimate of drug-likeness (QED) is 0.354. The van der Waals surface area contributed by atoms with Gasteiger partial charge in [-0.25, -0.2) is 0 Å². The topological polar surface area (TPSA) is 40.2 Å². The van der Waals surface area contributed by atoms with Crippen molar-refractivity contribution in [3.8, 4) is 11.5 Å². The summed E-state index contributed by atoms with van der Waals surface area (Å²) in [6, 6.07) is 12.6. The fraction of sp³-hybridized carbons (Fsp3) is 0.517. The number of rotatable bonds is 7. The Hall–Kier alpha value is -2.28. The van der Waals surface area contributed by atoms with Crippen LogP contribution in [0.15, 0.2) is 48.6 Å². The molecule has 2 heterocycles. The van der Waals surface area contributed by atoms with Crippen molar-refractivity contribution >= 4 is 13.3 Å². The van der Waals surface area contributed by atoms with Crippen LogP contribution < -0.4 is 14.9 Å². The van der Waals surface area contributed by atoms with Gasteiger partial charge in [0.05, 0.1) is 5.41 Å². The van der Waals surface area contributed by atoms with Gasteiger partial charge in [-0.1, -0.05) is 41.9 Å². The summed E-state index contributed by atoms with van der Waals surface area (Å²) < 4.78 is 25.4. The number of hydrogen-bond acceptors (Lipinski definition) is 5. The fourth-order valence-corrected chi connectivity index (χ4v) is 7.38. The molecule has 1 saturated heterocycles. The maximum absolute atomic E-state index is 6.88. The molecule has 0 N–H and O–H groups in total. The van der Waals surface area contributed by atoms with Gasteiger partial charge in [0.1, 0.15) is 14.5 Å². The molecule has 2 aromatic carbocycles. The van der Waals surface area contributed by atoms with Crippen LogP contribution in [-0.2, 0) is 27.9 Å². The van der Waals surface area contributed by atoms with Crippen molar-refractivity contribution < 1.29 is 18.9 Å². The Bertz CT molecular complexity index is 1170. The van der Waals surface area contributed by atoms with Crippen molar-refractivity contribution in [2.75, 3.05) is 27.3 Å². The Balaban J connectivity index is 1.36. The molecule has 1 saturated carbocycles. The van der Waals surface area contributed by atoms with Crippen LogP contribution in [0.4, 0.5) is 0 Å². The van der Waals surface area contributed by atoms with E-state index in [0.717, 1.165) is 42.1 Å². The monoisotopic (exact) mass is 469 g/mol. The summed E-state index contributed by atoms with van der Waals surface area (Å²) in [5, 5.41) is 0. The summed E-state index contributed by atoms with van der Waals surface area (Å²) in [5.74, 6) is 1.78. The van der Waals surface area contributed by atoms with Crippen molar-refractivity contribution in [2.45, 2.75) is 55.6 Å². The average molecular weight is 469 g/mol. The minimum Gasteiger partial charge on any atom is -0.485 e. The lowest BCUT2D eigenvalue weighted by Gasteiger charge is -2.59. The third-order valence-corrected chi connectivity index (χ3v) is 9.23. The van der Waals surface area contributed by atoms with Crippen LogP contribution in [0.1, 0.15) is 36.0 Å². The number of nitrogens with zero attached hydrogens (tertiary/aromatic N) is 1. The summed E-state index contributed by atoms with van der Waals surface area (Å²) in [5.41, 5.74) is 4.14. The van der Waals surface area contributed by atoms with Gasteiger partial charge in [0.2, 0.25) is 5.79 Å². The first-order chi connectivity index (χ1) is 17.1. The van der Waals surface area contributed by atoms with Crippen LogP contribution >= 0.6 is 0 Å². The second-order valence-electron chi connectivity index (χ2n) is 10.9. The molecule has 6 heteroatoms. The van der Waals surface area contributed by atoms with Gasteiger partial charge in [-0.15, -0.1) is 0 Å². The number of methoxy groups -OCH3 is 2. The van der Waals surface area contributed by atoms with Crippen LogP contribution in [0.3, 0.4) is 0 Å². The highest BCUT2D eigenvalue weighted by Gasteiger charge is 2.69. The van der Waals surface area contributed by atoms with E-state index < -0.39 is 5.79 Å². The molecule has 2 bridgehead atoms. The first-order valence-corrected chi connectivity index (χ1v) is 12.9. The Kier molecular flexibility index (Phi) is 4.93. The van der Waals surface area contributed by atoms with E-state index in [9.17, 15) is 0 Å². The molecule has 3 aliphatic carbocycles. The highest BCUT2D eigenvalue weighted by Crippen LogP contribution is 2.64. The van der Waals surface area contributed by atoms with Gasteiger partial charge in [-0.05, 0) is 61.4 Å². The van der Waals surface area contributed by atoms with Gasteiger partial charge in [0.25, 0.3) is 0 Å². The zero-order valence-electron chi connectivity index (χ0n) is 20.5. The summed E-state index contributed by atoms with van der Waals surface area (Å²) in [7, 11) is 10.2. The van der Waals surface area contributed by atoms with Crippen LogP contribution in [0, 0.1) is 11.8 Å². The summed E-state index contributed by atoms with van der Waals surface area (Å²) in [6.07, 6.45) is 8.82. The zero-order chi connectivity index (χ0) is 23.8. The Morgan fingerprint density at radius 3 is 2.69 bits per heavy atom. The normalized spacial score (nSPS) is 31.7. The molecular weight excluding hydrogens is 437 g/mol. The summed E-state index contributed by atoms with van der Waals surface area (Å²) >= 11 is 0. The molecule has 5 aliphatic rings. The molecule has 0 amide bonds. The number of ether oxygens (including phenoxy) is 4. The van der Waals surface area contributed by atoms with E-state index >= 15 is 0 Å². The highest BCUT2D eigenvalue weighted by molar-refractivity contribution is 6.34. The molecule has 4 atom stereocenters. The SMILES string of the molecule is [B]c1cc(OCc2ccccc2)c2c3c1CC1C4C=CC(OC)(OC)[C@@H](O2)[C@@]34CCN1CC1CC1. The van der Waals surface area contributed by atoms with E-state index in [0.29, 0.717) is 24.3 Å². The number of piperidine rings is 1. The summed E-state index contributed by atoms with van der Waals surface area (Å²) in [6.45, 7) is 2.71. The molecule has 2 aromatic rings. The maximum Gasteiger partial charge on any atom is 0.226 e. The Morgan fingerprint density at radius 2 is 1.94 bits per heavy atom. The molecular formula is C29H32BNO4.